The topological polar surface area (TPSA) is 58.2 Å². The zero-order chi connectivity index (χ0) is 17.8. The Balaban J connectivity index is 1.62. The summed E-state index contributed by atoms with van der Waals surface area (Å²) in [4.78, 5) is 24.2. The van der Waals surface area contributed by atoms with Crippen LogP contribution in [0, 0.1) is 0 Å². The quantitative estimate of drug-likeness (QED) is 0.815. The summed E-state index contributed by atoms with van der Waals surface area (Å²) in [5.74, 6) is -1.36. The van der Waals surface area contributed by atoms with Crippen LogP contribution in [0.15, 0.2) is 42.5 Å². The third-order valence-corrected chi connectivity index (χ3v) is 4.74. The van der Waals surface area contributed by atoms with E-state index in [2.05, 4.69) is 22.8 Å². The number of carbonyl (C=O) groups is 2. The number of halogens is 1. The molecule has 0 spiro atoms. The summed E-state index contributed by atoms with van der Waals surface area (Å²) in [6, 6.07) is 12.8. The van der Waals surface area contributed by atoms with Crippen LogP contribution < -0.4 is 10.6 Å². The molecule has 1 atom stereocenters. The molecule has 0 fully saturated rings. The van der Waals surface area contributed by atoms with Crippen molar-refractivity contribution in [3.05, 3.63) is 64.2 Å². The zero-order valence-electron chi connectivity index (χ0n) is 14.1. The molecule has 1 aliphatic rings. The Morgan fingerprint density at radius 1 is 1.00 bits per heavy atom. The van der Waals surface area contributed by atoms with Crippen LogP contribution in [0.3, 0.4) is 0 Å². The second kappa shape index (κ2) is 7.70. The summed E-state index contributed by atoms with van der Waals surface area (Å²) in [6.45, 7) is 1.88. The fourth-order valence-electron chi connectivity index (χ4n) is 3.12. The van der Waals surface area contributed by atoms with Crippen molar-refractivity contribution in [1.82, 2.24) is 5.32 Å². The highest BCUT2D eigenvalue weighted by Gasteiger charge is 2.18. The van der Waals surface area contributed by atoms with Crippen molar-refractivity contribution in [2.24, 2.45) is 0 Å². The molecule has 0 aromatic heterocycles. The van der Waals surface area contributed by atoms with Crippen LogP contribution in [0.5, 0.6) is 0 Å². The fraction of sp³-hybridized carbons (Fsp3) is 0.300. The average molecular weight is 357 g/mol. The van der Waals surface area contributed by atoms with Crippen molar-refractivity contribution >= 4 is 29.1 Å². The van der Waals surface area contributed by atoms with Gasteiger partial charge in [-0.25, -0.2) is 0 Å². The molecule has 3 rings (SSSR count). The number of anilines is 1. The lowest BCUT2D eigenvalue weighted by molar-refractivity contribution is -0.136. The maximum atomic E-state index is 12.1. The predicted molar refractivity (Wildman–Crippen MR) is 99.7 cm³/mol. The first-order valence-electron chi connectivity index (χ1n) is 8.52. The first kappa shape index (κ1) is 17.5. The Bertz CT molecular complexity index is 804. The highest BCUT2D eigenvalue weighted by atomic mass is 35.5. The predicted octanol–water partition coefficient (Wildman–Crippen LogP) is 4.03. The van der Waals surface area contributed by atoms with Gasteiger partial charge in [0.05, 0.1) is 6.04 Å². The van der Waals surface area contributed by atoms with E-state index in [0.29, 0.717) is 10.7 Å². The molecule has 0 bridgehead atoms. The number of nitrogens with one attached hydrogen (secondary N) is 2. The second-order valence-electron chi connectivity index (χ2n) is 6.39. The minimum absolute atomic E-state index is 0.232. The van der Waals surface area contributed by atoms with Crippen molar-refractivity contribution in [3.63, 3.8) is 0 Å². The Hall–Kier alpha value is -2.33. The molecule has 130 valence electrons. The van der Waals surface area contributed by atoms with E-state index < -0.39 is 11.8 Å². The van der Waals surface area contributed by atoms with Crippen molar-refractivity contribution in [2.45, 2.75) is 38.6 Å². The maximum absolute atomic E-state index is 12.1. The normalized spacial score (nSPS) is 14.3. The van der Waals surface area contributed by atoms with E-state index >= 15 is 0 Å². The maximum Gasteiger partial charge on any atom is 0.313 e. The molecule has 0 heterocycles. The molecule has 0 saturated carbocycles. The third kappa shape index (κ3) is 4.40. The number of fused-ring (bicyclic) bond motifs is 1. The largest absolute Gasteiger partial charge is 0.341 e. The van der Waals surface area contributed by atoms with Crippen molar-refractivity contribution < 1.29 is 9.59 Å². The summed E-state index contributed by atoms with van der Waals surface area (Å²) in [7, 11) is 0. The number of hydrogen-bond acceptors (Lipinski definition) is 2. The Kier molecular flexibility index (Phi) is 5.39. The van der Waals surface area contributed by atoms with Crippen molar-refractivity contribution in [1.29, 1.82) is 0 Å². The summed E-state index contributed by atoms with van der Waals surface area (Å²) in [6.07, 6.45) is 4.65. The van der Waals surface area contributed by atoms with Crippen molar-refractivity contribution in [2.75, 3.05) is 5.32 Å². The molecule has 0 aliphatic heterocycles. The first-order valence-corrected chi connectivity index (χ1v) is 8.90. The molecule has 4 nitrogen and oxygen atoms in total. The lowest BCUT2D eigenvalue weighted by Gasteiger charge is -2.20. The lowest BCUT2D eigenvalue weighted by Crippen LogP contribution is -2.37. The highest BCUT2D eigenvalue weighted by molar-refractivity contribution is 6.40. The molecule has 1 aliphatic carbocycles. The number of benzene rings is 2. The van der Waals surface area contributed by atoms with Gasteiger partial charge < -0.3 is 10.6 Å². The van der Waals surface area contributed by atoms with Gasteiger partial charge in [-0.15, -0.1) is 0 Å². The van der Waals surface area contributed by atoms with Crippen LogP contribution in [-0.4, -0.2) is 11.8 Å². The Morgan fingerprint density at radius 3 is 2.52 bits per heavy atom. The molecule has 1 unspecified atom stereocenters. The fourth-order valence-corrected chi connectivity index (χ4v) is 3.31. The number of rotatable bonds is 3. The number of carbonyl (C=O) groups excluding carboxylic acids is 2. The minimum atomic E-state index is -0.702. The Labute approximate surface area is 152 Å². The summed E-state index contributed by atoms with van der Waals surface area (Å²) in [5, 5.41) is 5.81. The molecule has 5 heteroatoms. The molecule has 2 aromatic carbocycles. The van der Waals surface area contributed by atoms with Crippen molar-refractivity contribution in [3.8, 4) is 0 Å². The second-order valence-corrected chi connectivity index (χ2v) is 6.83. The number of aryl methyl sites for hydroxylation is 2. The SMILES string of the molecule is CC(NC(=O)C(=O)Nc1cccc(Cl)c1)c1ccc2c(c1)CCCC2. The highest BCUT2D eigenvalue weighted by Crippen LogP contribution is 2.24. The molecule has 2 aromatic rings. The van der Waals surface area contributed by atoms with Crippen LogP contribution in [0.1, 0.15) is 42.5 Å². The molecule has 0 saturated heterocycles. The zero-order valence-corrected chi connectivity index (χ0v) is 14.9. The van der Waals surface area contributed by atoms with Gasteiger partial charge in [0.2, 0.25) is 0 Å². The van der Waals surface area contributed by atoms with Gasteiger partial charge in [0, 0.05) is 10.7 Å². The first-order chi connectivity index (χ1) is 12.0. The van der Waals surface area contributed by atoms with Gasteiger partial charge in [0.1, 0.15) is 0 Å². The van der Waals surface area contributed by atoms with E-state index in [9.17, 15) is 9.59 Å². The van der Waals surface area contributed by atoms with E-state index in [1.54, 1.807) is 24.3 Å². The number of amides is 2. The van der Waals surface area contributed by atoms with Gasteiger partial charge in [-0.1, -0.05) is 35.9 Å². The third-order valence-electron chi connectivity index (χ3n) is 4.51. The van der Waals surface area contributed by atoms with E-state index in [1.165, 1.54) is 24.0 Å². The standard InChI is InChI=1S/C20H21ClN2O2/c1-13(15-10-9-14-5-2-3-6-16(14)11-15)22-19(24)20(25)23-18-8-4-7-17(21)12-18/h4,7-13H,2-3,5-6H2,1H3,(H,22,24)(H,23,25). The van der Waals surface area contributed by atoms with Crippen LogP contribution in [-0.2, 0) is 22.4 Å². The van der Waals surface area contributed by atoms with E-state index in [4.69, 9.17) is 11.6 Å². The van der Waals surface area contributed by atoms with Crippen LogP contribution in [0.2, 0.25) is 5.02 Å². The molecule has 2 amide bonds. The summed E-state index contributed by atoms with van der Waals surface area (Å²) < 4.78 is 0. The average Bonchev–Trinajstić information content (AvgIpc) is 2.61. The minimum Gasteiger partial charge on any atom is -0.341 e. The summed E-state index contributed by atoms with van der Waals surface area (Å²) in [5.41, 5.74) is 4.26. The van der Waals surface area contributed by atoms with Gasteiger partial charge in [-0.3, -0.25) is 9.59 Å². The number of hydrogen-bond donors (Lipinski definition) is 2. The van der Waals surface area contributed by atoms with Gasteiger partial charge in [0.25, 0.3) is 0 Å². The monoisotopic (exact) mass is 356 g/mol. The van der Waals surface area contributed by atoms with E-state index in [0.717, 1.165) is 18.4 Å². The summed E-state index contributed by atoms with van der Waals surface area (Å²) >= 11 is 5.88. The van der Waals surface area contributed by atoms with E-state index in [-0.39, 0.29) is 6.04 Å². The Morgan fingerprint density at radius 2 is 1.76 bits per heavy atom. The van der Waals surface area contributed by atoms with Gasteiger partial charge in [-0.05, 0) is 67.5 Å². The van der Waals surface area contributed by atoms with Crippen LogP contribution in [0.25, 0.3) is 0 Å². The molecule has 25 heavy (non-hydrogen) atoms. The van der Waals surface area contributed by atoms with Crippen LogP contribution >= 0.6 is 11.6 Å². The van der Waals surface area contributed by atoms with E-state index in [1.807, 2.05) is 13.0 Å². The van der Waals surface area contributed by atoms with Gasteiger partial charge >= 0.3 is 11.8 Å². The molecule has 2 N–H and O–H groups in total. The van der Waals surface area contributed by atoms with Gasteiger partial charge in [0.15, 0.2) is 0 Å². The molecular weight excluding hydrogens is 336 g/mol. The lowest BCUT2D eigenvalue weighted by atomic mass is 9.89. The molecular formula is C20H21ClN2O2. The smallest absolute Gasteiger partial charge is 0.313 e. The molecule has 0 radical (unpaired) electrons. The van der Waals surface area contributed by atoms with Gasteiger partial charge in [-0.2, -0.15) is 0 Å². The van der Waals surface area contributed by atoms with Crippen LogP contribution in [0.4, 0.5) is 5.69 Å².